The first kappa shape index (κ1) is 17.9. The van der Waals surface area contributed by atoms with Crippen LogP contribution in [0.5, 0.6) is 0 Å². The first-order valence-electron chi connectivity index (χ1n) is 7.67. The van der Waals surface area contributed by atoms with Crippen molar-refractivity contribution < 1.29 is 19.1 Å². The zero-order valence-electron chi connectivity index (χ0n) is 14.1. The molecule has 134 valence electrons. The van der Waals surface area contributed by atoms with E-state index in [4.69, 9.17) is 5.73 Å². The molecule has 3 rings (SSSR count). The van der Waals surface area contributed by atoms with Crippen molar-refractivity contribution in [1.82, 2.24) is 9.78 Å². The van der Waals surface area contributed by atoms with E-state index < -0.39 is 23.1 Å². The third-order valence-corrected chi connectivity index (χ3v) is 4.95. The molecule has 1 unspecified atom stereocenters. The largest absolute Gasteiger partial charge is 0.478 e. The van der Waals surface area contributed by atoms with Crippen molar-refractivity contribution >= 4 is 34.5 Å². The summed E-state index contributed by atoms with van der Waals surface area (Å²) in [4.78, 5) is 23.3. The normalized spacial score (nSPS) is 12.3. The smallest absolute Gasteiger partial charge is 0.335 e. The highest BCUT2D eigenvalue weighted by Gasteiger charge is 2.24. The quantitative estimate of drug-likeness (QED) is 0.716. The van der Waals surface area contributed by atoms with Gasteiger partial charge in [0.25, 0.3) is 5.91 Å². The van der Waals surface area contributed by atoms with Gasteiger partial charge >= 0.3 is 5.97 Å². The average Bonchev–Trinajstić information content (AvgIpc) is 2.92. The molecule has 8 heteroatoms. The molecule has 1 heterocycles. The van der Waals surface area contributed by atoms with Gasteiger partial charge in [-0.25, -0.2) is 13.9 Å². The molecule has 0 aliphatic heterocycles. The minimum Gasteiger partial charge on any atom is -0.478 e. The van der Waals surface area contributed by atoms with E-state index in [2.05, 4.69) is 5.10 Å². The van der Waals surface area contributed by atoms with Gasteiger partial charge in [-0.2, -0.15) is 5.10 Å². The third kappa shape index (κ3) is 3.03. The fraction of sp³-hybridized carbons (Fsp3) is 0.167. The number of halogens is 1. The number of aryl methyl sites for hydroxylation is 1. The van der Waals surface area contributed by atoms with E-state index in [-0.39, 0.29) is 5.56 Å². The van der Waals surface area contributed by atoms with E-state index in [0.717, 1.165) is 0 Å². The summed E-state index contributed by atoms with van der Waals surface area (Å²) in [6.45, 7) is 1.67. The molecule has 26 heavy (non-hydrogen) atoms. The Labute approximate surface area is 152 Å². The predicted molar refractivity (Wildman–Crippen MR) is 98.6 cm³/mol. The Morgan fingerprint density at radius 3 is 2.62 bits per heavy atom. The molecule has 1 atom stereocenters. The number of aromatic nitrogens is 2. The van der Waals surface area contributed by atoms with Gasteiger partial charge in [-0.1, -0.05) is 12.1 Å². The van der Waals surface area contributed by atoms with Crippen LogP contribution in [-0.2, 0) is 4.79 Å². The Bertz CT molecular complexity index is 1030. The standard InChI is InChI=1S/C18H16FN3O3S/c1-9-6-14-13(8-12(9)18(24)25)15(10-4-3-5-11(19)7-10)21-22(14)17(26-2)16(20)23/h3-8,17H,1-2H3,(H2,20,23)(H,24,25). The molecule has 0 aliphatic carbocycles. The number of thioether (sulfide) groups is 1. The molecular weight excluding hydrogens is 357 g/mol. The summed E-state index contributed by atoms with van der Waals surface area (Å²) >= 11 is 1.21. The molecule has 0 saturated carbocycles. The Kier molecular flexibility index (Phi) is 4.69. The zero-order chi connectivity index (χ0) is 19.0. The zero-order valence-corrected chi connectivity index (χ0v) is 14.9. The number of carboxylic acids is 1. The number of nitrogens with zero attached hydrogens (tertiary/aromatic N) is 2. The molecule has 6 nitrogen and oxygen atoms in total. The lowest BCUT2D eigenvalue weighted by atomic mass is 10.0. The molecular formula is C18H16FN3O3S. The molecule has 1 aromatic heterocycles. The van der Waals surface area contributed by atoms with Crippen LogP contribution in [0.3, 0.4) is 0 Å². The Morgan fingerprint density at radius 1 is 1.31 bits per heavy atom. The van der Waals surface area contributed by atoms with Gasteiger partial charge in [-0.15, -0.1) is 11.8 Å². The first-order valence-corrected chi connectivity index (χ1v) is 8.96. The highest BCUT2D eigenvalue weighted by atomic mass is 32.2. The molecule has 0 spiro atoms. The Morgan fingerprint density at radius 2 is 2.04 bits per heavy atom. The topological polar surface area (TPSA) is 98.2 Å². The number of fused-ring (bicyclic) bond motifs is 1. The first-order chi connectivity index (χ1) is 12.3. The summed E-state index contributed by atoms with van der Waals surface area (Å²) in [6, 6.07) is 8.99. The number of rotatable bonds is 5. The molecule has 3 aromatic rings. The second kappa shape index (κ2) is 6.80. The maximum Gasteiger partial charge on any atom is 0.335 e. The van der Waals surface area contributed by atoms with Gasteiger partial charge < -0.3 is 10.8 Å². The molecule has 3 N–H and O–H groups in total. The fourth-order valence-corrected chi connectivity index (χ4v) is 3.47. The Balaban J connectivity index is 2.38. The van der Waals surface area contributed by atoms with E-state index in [1.54, 1.807) is 31.4 Å². The lowest BCUT2D eigenvalue weighted by molar-refractivity contribution is -0.118. The number of carboxylic acid groups (broad SMARTS) is 1. The van der Waals surface area contributed by atoms with Crippen LogP contribution in [0, 0.1) is 12.7 Å². The van der Waals surface area contributed by atoms with Crippen LogP contribution in [0.1, 0.15) is 21.3 Å². The highest BCUT2D eigenvalue weighted by molar-refractivity contribution is 7.99. The van der Waals surface area contributed by atoms with Crippen molar-refractivity contribution in [1.29, 1.82) is 0 Å². The van der Waals surface area contributed by atoms with E-state index in [9.17, 15) is 19.1 Å². The van der Waals surface area contributed by atoms with Crippen LogP contribution in [-0.4, -0.2) is 33.0 Å². The third-order valence-electron chi connectivity index (χ3n) is 4.07. The van der Waals surface area contributed by atoms with Crippen molar-refractivity contribution in [3.63, 3.8) is 0 Å². The lowest BCUT2D eigenvalue weighted by Gasteiger charge is -2.12. The van der Waals surface area contributed by atoms with E-state index in [1.807, 2.05) is 0 Å². The maximum absolute atomic E-state index is 13.7. The van der Waals surface area contributed by atoms with Gasteiger partial charge in [0.05, 0.1) is 11.1 Å². The number of carbonyl (C=O) groups excluding carboxylic acids is 1. The van der Waals surface area contributed by atoms with Crippen LogP contribution in [0.15, 0.2) is 36.4 Å². The molecule has 0 saturated heterocycles. The van der Waals surface area contributed by atoms with Gasteiger partial charge in [0.1, 0.15) is 11.5 Å². The number of nitrogens with two attached hydrogens (primary N) is 1. The van der Waals surface area contributed by atoms with Crippen molar-refractivity contribution in [3.05, 3.63) is 53.3 Å². The van der Waals surface area contributed by atoms with E-state index in [0.29, 0.717) is 27.7 Å². The number of amides is 1. The predicted octanol–water partition coefficient (Wildman–Crippen LogP) is 3.20. The van der Waals surface area contributed by atoms with E-state index >= 15 is 0 Å². The van der Waals surface area contributed by atoms with Gasteiger partial charge in [0.15, 0.2) is 5.37 Å². The van der Waals surface area contributed by atoms with Gasteiger partial charge in [0, 0.05) is 10.9 Å². The number of hydrogen-bond acceptors (Lipinski definition) is 4. The molecule has 0 bridgehead atoms. The minimum absolute atomic E-state index is 0.120. The second-order valence-electron chi connectivity index (χ2n) is 5.78. The van der Waals surface area contributed by atoms with Gasteiger partial charge in [-0.05, 0) is 43.0 Å². The number of aromatic carboxylic acids is 1. The van der Waals surface area contributed by atoms with Crippen LogP contribution in [0.2, 0.25) is 0 Å². The number of benzene rings is 2. The van der Waals surface area contributed by atoms with Crippen LogP contribution < -0.4 is 5.73 Å². The number of carbonyl (C=O) groups is 2. The van der Waals surface area contributed by atoms with Crippen LogP contribution in [0.25, 0.3) is 22.2 Å². The minimum atomic E-state index is -1.07. The van der Waals surface area contributed by atoms with Crippen molar-refractivity contribution in [2.24, 2.45) is 5.73 Å². The Hall–Kier alpha value is -2.87. The summed E-state index contributed by atoms with van der Waals surface area (Å²) in [6.07, 6.45) is 1.73. The summed E-state index contributed by atoms with van der Waals surface area (Å²) in [7, 11) is 0. The summed E-state index contributed by atoms with van der Waals surface area (Å²) in [5.74, 6) is -2.08. The molecule has 0 aliphatic rings. The average molecular weight is 373 g/mol. The van der Waals surface area contributed by atoms with Crippen LogP contribution >= 0.6 is 11.8 Å². The maximum atomic E-state index is 13.7. The molecule has 1 amide bonds. The monoisotopic (exact) mass is 373 g/mol. The SMILES string of the molecule is CSC(C(N)=O)n1nc(-c2cccc(F)c2)c2cc(C(=O)O)c(C)cc21. The van der Waals surface area contributed by atoms with Crippen LogP contribution in [0.4, 0.5) is 4.39 Å². The van der Waals surface area contributed by atoms with E-state index in [1.165, 1.54) is 34.6 Å². The number of hydrogen-bond donors (Lipinski definition) is 2. The number of primary amides is 1. The molecule has 0 radical (unpaired) electrons. The van der Waals surface area contributed by atoms with Crippen molar-refractivity contribution in [2.75, 3.05) is 6.26 Å². The van der Waals surface area contributed by atoms with Crippen molar-refractivity contribution in [3.8, 4) is 11.3 Å². The van der Waals surface area contributed by atoms with Crippen molar-refractivity contribution in [2.45, 2.75) is 12.3 Å². The summed E-state index contributed by atoms with van der Waals surface area (Å²) in [5, 5.41) is 13.6. The second-order valence-corrected chi connectivity index (χ2v) is 6.70. The summed E-state index contributed by atoms with van der Waals surface area (Å²) in [5.41, 5.74) is 7.57. The lowest BCUT2D eigenvalue weighted by Crippen LogP contribution is -2.24. The fourth-order valence-electron chi connectivity index (χ4n) is 2.88. The van der Waals surface area contributed by atoms with Gasteiger partial charge in [0.2, 0.25) is 0 Å². The molecule has 2 aromatic carbocycles. The highest BCUT2D eigenvalue weighted by Crippen LogP contribution is 2.34. The summed E-state index contributed by atoms with van der Waals surface area (Å²) < 4.78 is 15.1. The van der Waals surface area contributed by atoms with Gasteiger partial charge in [-0.3, -0.25) is 4.79 Å². The molecule has 0 fully saturated rings.